The largest absolute Gasteiger partial charge is 0.496 e. The molecule has 0 saturated carbocycles. The van der Waals surface area contributed by atoms with Gasteiger partial charge in [0.1, 0.15) is 5.75 Å². The molecule has 2 rings (SSSR count). The third kappa shape index (κ3) is 2.30. The molecule has 1 aromatic heterocycles. The van der Waals surface area contributed by atoms with Gasteiger partial charge in [-0.3, -0.25) is 4.79 Å². The molecule has 4 heteroatoms. The number of nitrogens with zero attached hydrogens (tertiary/aromatic N) is 2. The number of benzene rings is 1. The summed E-state index contributed by atoms with van der Waals surface area (Å²) in [4.78, 5) is 18.8. The lowest BCUT2D eigenvalue weighted by Crippen LogP contribution is -1.94. The van der Waals surface area contributed by atoms with E-state index >= 15 is 0 Å². The summed E-state index contributed by atoms with van der Waals surface area (Å²) in [6.07, 6.45) is 3.71. The van der Waals surface area contributed by atoms with Crippen LogP contribution in [0.5, 0.6) is 5.75 Å². The summed E-state index contributed by atoms with van der Waals surface area (Å²) >= 11 is 0. The summed E-state index contributed by atoms with van der Waals surface area (Å²) in [7, 11) is 1.61. The van der Waals surface area contributed by atoms with E-state index in [2.05, 4.69) is 9.97 Å². The first kappa shape index (κ1) is 11.3. The molecule has 0 bridgehead atoms. The van der Waals surface area contributed by atoms with Gasteiger partial charge >= 0.3 is 0 Å². The molecule has 0 radical (unpaired) electrons. The Morgan fingerprint density at radius 1 is 1.24 bits per heavy atom. The number of rotatable bonds is 3. The first-order valence-corrected chi connectivity index (χ1v) is 5.17. The van der Waals surface area contributed by atoms with Crippen molar-refractivity contribution in [2.75, 3.05) is 7.11 Å². The van der Waals surface area contributed by atoms with E-state index in [0.717, 1.165) is 23.2 Å². The molecule has 0 aliphatic heterocycles. The van der Waals surface area contributed by atoms with Gasteiger partial charge in [0.05, 0.1) is 18.2 Å². The van der Waals surface area contributed by atoms with Crippen molar-refractivity contribution in [1.82, 2.24) is 9.97 Å². The molecule has 0 aliphatic rings. The fourth-order valence-corrected chi connectivity index (χ4v) is 1.52. The fraction of sp³-hybridized carbons (Fsp3) is 0.154. The minimum atomic E-state index is 0.458. The molecule has 0 fully saturated rings. The topological polar surface area (TPSA) is 52.1 Å². The number of carbonyl (C=O) groups is 1. The Labute approximate surface area is 99.3 Å². The summed E-state index contributed by atoms with van der Waals surface area (Å²) in [6.45, 7) is 1.99. The van der Waals surface area contributed by atoms with Crippen LogP contribution in [0.3, 0.4) is 0 Å². The summed E-state index contributed by atoms with van der Waals surface area (Å²) in [5.41, 5.74) is 2.38. The number of ether oxygens (including phenoxy) is 1. The number of methoxy groups -OCH3 is 1. The number of aldehydes is 1. The molecular weight excluding hydrogens is 216 g/mol. The maximum Gasteiger partial charge on any atom is 0.162 e. The van der Waals surface area contributed by atoms with E-state index in [1.54, 1.807) is 7.11 Å². The quantitative estimate of drug-likeness (QED) is 0.756. The molecular formula is C13H12N2O2. The van der Waals surface area contributed by atoms with Crippen molar-refractivity contribution in [2.45, 2.75) is 6.92 Å². The Morgan fingerprint density at radius 2 is 1.94 bits per heavy atom. The number of hydrogen-bond acceptors (Lipinski definition) is 4. The molecule has 86 valence electrons. The molecule has 0 atom stereocenters. The molecule has 0 amide bonds. The van der Waals surface area contributed by atoms with E-state index in [4.69, 9.17) is 4.74 Å². The number of carbonyl (C=O) groups excluding carboxylic acids is 1. The van der Waals surface area contributed by atoms with Crippen LogP contribution in [0.25, 0.3) is 11.4 Å². The van der Waals surface area contributed by atoms with Crippen LogP contribution in [-0.4, -0.2) is 23.4 Å². The summed E-state index contributed by atoms with van der Waals surface area (Å²) in [6, 6.07) is 5.80. The highest BCUT2D eigenvalue weighted by molar-refractivity contribution is 5.74. The van der Waals surface area contributed by atoms with E-state index < -0.39 is 0 Å². The SMILES string of the molecule is COc1cc(C)ccc1-c1ncc(C=O)cn1. The van der Waals surface area contributed by atoms with Crippen LogP contribution in [0, 0.1) is 6.92 Å². The molecule has 0 saturated heterocycles. The van der Waals surface area contributed by atoms with E-state index in [1.165, 1.54) is 12.4 Å². The molecule has 2 aromatic rings. The molecule has 0 N–H and O–H groups in total. The van der Waals surface area contributed by atoms with Crippen LogP contribution in [-0.2, 0) is 0 Å². The second kappa shape index (κ2) is 4.74. The van der Waals surface area contributed by atoms with Crippen LogP contribution in [0.1, 0.15) is 15.9 Å². The zero-order valence-electron chi connectivity index (χ0n) is 9.68. The summed E-state index contributed by atoms with van der Waals surface area (Å²) in [5.74, 6) is 1.27. The van der Waals surface area contributed by atoms with Gasteiger partial charge in [-0.25, -0.2) is 9.97 Å². The molecule has 4 nitrogen and oxygen atoms in total. The maximum absolute atomic E-state index is 10.5. The van der Waals surface area contributed by atoms with Gasteiger partial charge in [0.2, 0.25) is 0 Å². The van der Waals surface area contributed by atoms with Gasteiger partial charge in [-0.2, -0.15) is 0 Å². The second-order valence-electron chi connectivity index (χ2n) is 3.66. The van der Waals surface area contributed by atoms with Crippen LogP contribution in [0.15, 0.2) is 30.6 Å². The Balaban J connectivity index is 2.48. The fourth-order valence-electron chi connectivity index (χ4n) is 1.52. The third-order valence-corrected chi connectivity index (χ3v) is 2.41. The Kier molecular flexibility index (Phi) is 3.14. The van der Waals surface area contributed by atoms with Crippen LogP contribution in [0.4, 0.5) is 0 Å². The normalized spacial score (nSPS) is 10.0. The van der Waals surface area contributed by atoms with Crippen molar-refractivity contribution in [3.8, 4) is 17.1 Å². The first-order chi connectivity index (χ1) is 8.24. The molecule has 17 heavy (non-hydrogen) atoms. The predicted octanol–water partition coefficient (Wildman–Crippen LogP) is 2.27. The Bertz CT molecular complexity index is 536. The van der Waals surface area contributed by atoms with Crippen molar-refractivity contribution in [3.63, 3.8) is 0 Å². The lowest BCUT2D eigenvalue weighted by atomic mass is 10.1. The average molecular weight is 228 g/mol. The standard InChI is InChI=1S/C13H12N2O2/c1-9-3-4-11(12(5-9)17-2)13-14-6-10(8-16)7-15-13/h3-8H,1-2H3. The zero-order chi connectivity index (χ0) is 12.3. The van der Waals surface area contributed by atoms with Crippen molar-refractivity contribution in [2.24, 2.45) is 0 Å². The lowest BCUT2D eigenvalue weighted by Gasteiger charge is -2.07. The van der Waals surface area contributed by atoms with Crippen LogP contribution >= 0.6 is 0 Å². The lowest BCUT2D eigenvalue weighted by molar-refractivity contribution is 0.112. The van der Waals surface area contributed by atoms with Gasteiger partial charge in [-0.15, -0.1) is 0 Å². The number of aryl methyl sites for hydroxylation is 1. The van der Waals surface area contributed by atoms with Gasteiger partial charge in [-0.05, 0) is 24.6 Å². The third-order valence-electron chi connectivity index (χ3n) is 2.41. The highest BCUT2D eigenvalue weighted by Crippen LogP contribution is 2.27. The van der Waals surface area contributed by atoms with Crippen molar-refractivity contribution >= 4 is 6.29 Å². The van der Waals surface area contributed by atoms with Gasteiger partial charge in [0.25, 0.3) is 0 Å². The monoisotopic (exact) mass is 228 g/mol. The molecule has 1 heterocycles. The minimum absolute atomic E-state index is 0.458. The number of hydrogen-bond donors (Lipinski definition) is 0. The number of aromatic nitrogens is 2. The minimum Gasteiger partial charge on any atom is -0.496 e. The van der Waals surface area contributed by atoms with Crippen LogP contribution < -0.4 is 4.74 Å². The Morgan fingerprint density at radius 3 is 2.53 bits per heavy atom. The smallest absolute Gasteiger partial charge is 0.162 e. The van der Waals surface area contributed by atoms with Crippen LogP contribution in [0.2, 0.25) is 0 Å². The van der Waals surface area contributed by atoms with E-state index in [9.17, 15) is 4.79 Å². The van der Waals surface area contributed by atoms with Crippen molar-refractivity contribution in [3.05, 3.63) is 41.7 Å². The molecule has 0 aliphatic carbocycles. The van der Waals surface area contributed by atoms with E-state index in [0.29, 0.717) is 11.4 Å². The van der Waals surface area contributed by atoms with E-state index in [-0.39, 0.29) is 0 Å². The average Bonchev–Trinajstić information content (AvgIpc) is 2.39. The second-order valence-corrected chi connectivity index (χ2v) is 3.66. The zero-order valence-corrected chi connectivity index (χ0v) is 9.68. The molecule has 0 unspecified atom stereocenters. The molecule has 0 spiro atoms. The van der Waals surface area contributed by atoms with Gasteiger partial charge < -0.3 is 4.74 Å². The van der Waals surface area contributed by atoms with Gasteiger partial charge in [-0.1, -0.05) is 6.07 Å². The van der Waals surface area contributed by atoms with Gasteiger partial charge in [0.15, 0.2) is 12.1 Å². The van der Waals surface area contributed by atoms with Gasteiger partial charge in [0, 0.05) is 12.4 Å². The maximum atomic E-state index is 10.5. The summed E-state index contributed by atoms with van der Waals surface area (Å²) in [5, 5.41) is 0. The first-order valence-electron chi connectivity index (χ1n) is 5.17. The highest BCUT2D eigenvalue weighted by Gasteiger charge is 2.08. The highest BCUT2D eigenvalue weighted by atomic mass is 16.5. The van der Waals surface area contributed by atoms with Crippen molar-refractivity contribution in [1.29, 1.82) is 0 Å². The predicted molar refractivity (Wildman–Crippen MR) is 64.1 cm³/mol. The summed E-state index contributed by atoms with van der Waals surface area (Å²) < 4.78 is 5.29. The molecule has 1 aromatic carbocycles. The van der Waals surface area contributed by atoms with E-state index in [1.807, 2.05) is 25.1 Å². The Hall–Kier alpha value is -2.23. The van der Waals surface area contributed by atoms with Crippen molar-refractivity contribution < 1.29 is 9.53 Å².